The van der Waals surface area contributed by atoms with Crippen LogP contribution in [0.1, 0.15) is 5.56 Å². The summed E-state index contributed by atoms with van der Waals surface area (Å²) in [6.45, 7) is 1.71. The third-order valence-corrected chi connectivity index (χ3v) is 3.53. The number of anilines is 1. The minimum absolute atomic E-state index is 0.210. The number of fused-ring (bicyclic) bond motifs is 1. The van der Waals surface area contributed by atoms with E-state index < -0.39 is 10.1 Å². The van der Waals surface area contributed by atoms with E-state index in [9.17, 15) is 13.5 Å². The van der Waals surface area contributed by atoms with Gasteiger partial charge in [0.2, 0.25) is 0 Å². The first kappa shape index (κ1) is 11.7. The van der Waals surface area contributed by atoms with Gasteiger partial charge in [-0.1, -0.05) is 0 Å². The van der Waals surface area contributed by atoms with E-state index >= 15 is 0 Å². The number of nitrogen functional groups attached to an aromatic ring is 1. The molecule has 5 nitrogen and oxygen atoms in total. The van der Waals surface area contributed by atoms with Gasteiger partial charge < -0.3 is 10.8 Å². The van der Waals surface area contributed by atoms with Gasteiger partial charge in [-0.2, -0.15) is 8.42 Å². The average Bonchev–Trinajstić information content (AvgIpc) is 2.22. The zero-order chi connectivity index (χ0) is 12.8. The van der Waals surface area contributed by atoms with Crippen LogP contribution in [0, 0.1) is 6.92 Å². The van der Waals surface area contributed by atoms with Gasteiger partial charge in [-0.3, -0.25) is 4.55 Å². The molecular weight excluding hydrogens is 242 g/mol. The van der Waals surface area contributed by atoms with E-state index in [1.165, 1.54) is 6.07 Å². The molecule has 2 aromatic rings. The highest BCUT2D eigenvalue weighted by Crippen LogP contribution is 2.32. The van der Waals surface area contributed by atoms with Gasteiger partial charge in [-0.05, 0) is 36.1 Å². The second-order valence-electron chi connectivity index (χ2n) is 3.79. The Labute approximate surface area is 98.2 Å². The van der Waals surface area contributed by atoms with Crippen molar-refractivity contribution in [3.05, 3.63) is 29.8 Å². The molecule has 0 atom stereocenters. The van der Waals surface area contributed by atoms with Gasteiger partial charge >= 0.3 is 0 Å². The summed E-state index contributed by atoms with van der Waals surface area (Å²) in [6.07, 6.45) is 0. The van der Waals surface area contributed by atoms with E-state index in [0.29, 0.717) is 22.0 Å². The lowest BCUT2D eigenvalue weighted by molar-refractivity contribution is 0.471. The molecule has 0 aliphatic heterocycles. The third-order valence-electron chi connectivity index (χ3n) is 2.70. The molecule has 0 saturated heterocycles. The molecule has 0 bridgehead atoms. The van der Waals surface area contributed by atoms with E-state index in [1.54, 1.807) is 19.1 Å². The second kappa shape index (κ2) is 3.61. The molecule has 90 valence electrons. The van der Waals surface area contributed by atoms with E-state index in [4.69, 9.17) is 10.3 Å². The maximum absolute atomic E-state index is 11.0. The number of nitrogens with two attached hydrogens (primary N) is 1. The molecule has 2 aromatic carbocycles. The molecule has 2 rings (SSSR count). The highest BCUT2D eigenvalue weighted by Gasteiger charge is 2.14. The Bertz CT molecular complexity index is 707. The Hall–Kier alpha value is -1.79. The summed E-state index contributed by atoms with van der Waals surface area (Å²) in [4.78, 5) is -0.351. The predicted molar refractivity (Wildman–Crippen MR) is 64.6 cm³/mol. The molecule has 0 saturated carbocycles. The number of aryl methyl sites for hydroxylation is 1. The number of hydrogen-bond donors (Lipinski definition) is 3. The van der Waals surface area contributed by atoms with Crippen LogP contribution in [0.15, 0.2) is 29.2 Å². The van der Waals surface area contributed by atoms with Gasteiger partial charge in [0, 0.05) is 17.1 Å². The molecule has 17 heavy (non-hydrogen) atoms. The van der Waals surface area contributed by atoms with E-state index in [1.807, 2.05) is 0 Å². The van der Waals surface area contributed by atoms with Crippen LogP contribution in [0.25, 0.3) is 10.8 Å². The lowest BCUT2D eigenvalue weighted by atomic mass is 10.0. The average molecular weight is 253 g/mol. The summed E-state index contributed by atoms with van der Waals surface area (Å²) in [7, 11) is -4.35. The Morgan fingerprint density at radius 3 is 2.41 bits per heavy atom. The minimum atomic E-state index is -4.35. The number of phenols is 1. The highest BCUT2D eigenvalue weighted by molar-refractivity contribution is 7.85. The van der Waals surface area contributed by atoms with E-state index in [2.05, 4.69) is 0 Å². The zero-order valence-corrected chi connectivity index (χ0v) is 9.82. The molecule has 0 aliphatic carbocycles. The number of aromatic hydroxyl groups is 1. The number of hydrogen-bond acceptors (Lipinski definition) is 4. The molecular formula is C11H11NO4S. The van der Waals surface area contributed by atoms with Crippen molar-refractivity contribution in [3.63, 3.8) is 0 Å². The maximum atomic E-state index is 11.0. The largest absolute Gasteiger partial charge is 0.507 e. The van der Waals surface area contributed by atoms with Crippen LogP contribution in [-0.4, -0.2) is 18.1 Å². The molecule has 0 unspecified atom stereocenters. The van der Waals surface area contributed by atoms with Gasteiger partial charge in [-0.25, -0.2) is 0 Å². The maximum Gasteiger partial charge on any atom is 0.294 e. The Morgan fingerprint density at radius 2 is 1.82 bits per heavy atom. The van der Waals surface area contributed by atoms with Crippen LogP contribution in [0.5, 0.6) is 5.75 Å². The van der Waals surface area contributed by atoms with Gasteiger partial charge in [-0.15, -0.1) is 0 Å². The van der Waals surface area contributed by atoms with Crippen molar-refractivity contribution in [2.75, 3.05) is 5.73 Å². The van der Waals surface area contributed by atoms with Gasteiger partial charge in [0.1, 0.15) is 5.75 Å². The van der Waals surface area contributed by atoms with Gasteiger partial charge in [0.05, 0.1) is 4.90 Å². The van der Waals surface area contributed by atoms with Crippen LogP contribution in [-0.2, 0) is 10.1 Å². The van der Waals surface area contributed by atoms with Crippen LogP contribution < -0.4 is 5.73 Å². The predicted octanol–water partition coefficient (Wildman–Crippen LogP) is 1.68. The summed E-state index contributed by atoms with van der Waals surface area (Å²) in [5, 5.41) is 10.7. The molecule has 0 radical (unpaired) electrons. The van der Waals surface area contributed by atoms with Crippen molar-refractivity contribution in [1.82, 2.24) is 0 Å². The quantitative estimate of drug-likeness (QED) is 0.530. The third kappa shape index (κ3) is 1.92. The summed E-state index contributed by atoms with van der Waals surface area (Å²) >= 11 is 0. The smallest absolute Gasteiger partial charge is 0.294 e. The Kier molecular flexibility index (Phi) is 2.48. The number of rotatable bonds is 1. The molecule has 4 N–H and O–H groups in total. The fourth-order valence-electron chi connectivity index (χ4n) is 1.70. The van der Waals surface area contributed by atoms with Crippen molar-refractivity contribution in [2.45, 2.75) is 11.8 Å². The van der Waals surface area contributed by atoms with Crippen molar-refractivity contribution >= 4 is 26.6 Å². The fraction of sp³-hybridized carbons (Fsp3) is 0.0909. The molecule has 0 aromatic heterocycles. The minimum Gasteiger partial charge on any atom is -0.507 e. The van der Waals surface area contributed by atoms with Crippen molar-refractivity contribution in [1.29, 1.82) is 0 Å². The lowest BCUT2D eigenvalue weighted by Crippen LogP contribution is -1.99. The SMILES string of the molecule is Cc1c(N)ccc2c(O)cc(S(=O)(=O)O)cc12. The standard InChI is InChI=1S/C11H11NO4S/c1-6-9-4-7(17(14,15)16)5-11(13)8(9)2-3-10(6)12/h2-5,13H,12H2,1H3,(H,14,15,16). The topological polar surface area (TPSA) is 101 Å². The van der Waals surface area contributed by atoms with Crippen LogP contribution in [0.4, 0.5) is 5.69 Å². The summed E-state index contributed by atoms with van der Waals surface area (Å²) in [5.74, 6) is -0.210. The Balaban J connectivity index is 2.94. The normalized spacial score (nSPS) is 11.9. The highest BCUT2D eigenvalue weighted by atomic mass is 32.2. The Morgan fingerprint density at radius 1 is 1.18 bits per heavy atom. The number of phenolic OH excluding ortho intramolecular Hbond substituents is 1. The van der Waals surface area contributed by atoms with Crippen LogP contribution in [0.2, 0.25) is 0 Å². The summed E-state index contributed by atoms with van der Waals surface area (Å²) in [6, 6.07) is 5.52. The molecule has 0 amide bonds. The number of benzene rings is 2. The molecule has 0 aliphatic rings. The van der Waals surface area contributed by atoms with Gasteiger partial charge in [0.25, 0.3) is 10.1 Å². The molecule has 0 heterocycles. The van der Waals surface area contributed by atoms with Crippen molar-refractivity contribution in [3.8, 4) is 5.75 Å². The van der Waals surface area contributed by atoms with Crippen molar-refractivity contribution in [2.24, 2.45) is 0 Å². The van der Waals surface area contributed by atoms with Crippen LogP contribution >= 0.6 is 0 Å². The molecule has 0 fully saturated rings. The molecule has 0 spiro atoms. The molecule has 6 heteroatoms. The first-order valence-electron chi connectivity index (χ1n) is 4.80. The summed E-state index contributed by atoms with van der Waals surface area (Å²) < 4.78 is 31.0. The summed E-state index contributed by atoms with van der Waals surface area (Å²) in [5.41, 5.74) is 6.85. The fourth-order valence-corrected chi connectivity index (χ4v) is 2.23. The van der Waals surface area contributed by atoms with E-state index in [0.717, 1.165) is 6.07 Å². The first-order chi connectivity index (χ1) is 7.80. The lowest BCUT2D eigenvalue weighted by Gasteiger charge is -2.08. The second-order valence-corrected chi connectivity index (χ2v) is 5.21. The first-order valence-corrected chi connectivity index (χ1v) is 6.24. The van der Waals surface area contributed by atoms with Gasteiger partial charge in [0.15, 0.2) is 0 Å². The van der Waals surface area contributed by atoms with E-state index in [-0.39, 0.29) is 10.6 Å². The zero-order valence-electron chi connectivity index (χ0n) is 9.01. The van der Waals surface area contributed by atoms with Crippen molar-refractivity contribution < 1.29 is 18.1 Å². The van der Waals surface area contributed by atoms with Crippen LogP contribution in [0.3, 0.4) is 0 Å². The monoisotopic (exact) mass is 253 g/mol.